The standard InChI is InChI=1S/C21H19N5O2S/c1-2-26-19(12-20(28)23-17-6-4-3-5-7-17)24-25-21(26)29-14-18(27)16-10-8-15(13-22)9-11-16/h3-11H,2,12,14H2,1H3,(H,23,28). The van der Waals surface area contributed by atoms with E-state index >= 15 is 0 Å². The van der Waals surface area contributed by atoms with E-state index in [1.807, 2.05) is 47.9 Å². The van der Waals surface area contributed by atoms with Crippen LogP contribution < -0.4 is 5.32 Å². The van der Waals surface area contributed by atoms with Gasteiger partial charge in [-0.2, -0.15) is 5.26 Å². The topological polar surface area (TPSA) is 101 Å². The summed E-state index contributed by atoms with van der Waals surface area (Å²) >= 11 is 1.28. The first-order valence-corrected chi connectivity index (χ1v) is 10.0. The number of amides is 1. The van der Waals surface area contributed by atoms with Crippen LogP contribution in [0, 0.1) is 11.3 Å². The summed E-state index contributed by atoms with van der Waals surface area (Å²) in [7, 11) is 0. The number of aromatic nitrogens is 3. The average Bonchev–Trinajstić information content (AvgIpc) is 3.13. The van der Waals surface area contributed by atoms with Crippen LogP contribution in [0.4, 0.5) is 5.69 Å². The van der Waals surface area contributed by atoms with Crippen molar-refractivity contribution in [2.75, 3.05) is 11.1 Å². The molecule has 0 unspecified atom stereocenters. The zero-order valence-corrected chi connectivity index (χ0v) is 16.6. The zero-order valence-electron chi connectivity index (χ0n) is 15.8. The predicted octanol–water partition coefficient (Wildman–Crippen LogP) is 3.33. The largest absolute Gasteiger partial charge is 0.326 e. The third-order valence-electron chi connectivity index (χ3n) is 4.15. The first-order chi connectivity index (χ1) is 14.1. The maximum atomic E-state index is 12.4. The van der Waals surface area contributed by atoms with Gasteiger partial charge in [0.25, 0.3) is 0 Å². The van der Waals surface area contributed by atoms with Crippen LogP contribution in [0.15, 0.2) is 59.8 Å². The molecule has 29 heavy (non-hydrogen) atoms. The third-order valence-corrected chi connectivity index (χ3v) is 5.12. The average molecular weight is 405 g/mol. The van der Waals surface area contributed by atoms with Gasteiger partial charge in [0.2, 0.25) is 5.91 Å². The zero-order chi connectivity index (χ0) is 20.6. The molecule has 146 valence electrons. The lowest BCUT2D eigenvalue weighted by Gasteiger charge is -2.08. The summed E-state index contributed by atoms with van der Waals surface area (Å²) in [4.78, 5) is 24.7. The smallest absolute Gasteiger partial charge is 0.232 e. The van der Waals surface area contributed by atoms with Gasteiger partial charge in [0, 0.05) is 17.8 Å². The number of rotatable bonds is 8. The van der Waals surface area contributed by atoms with Crippen molar-refractivity contribution < 1.29 is 9.59 Å². The molecule has 0 saturated heterocycles. The minimum Gasteiger partial charge on any atom is -0.326 e. The first-order valence-electron chi connectivity index (χ1n) is 9.04. The van der Waals surface area contributed by atoms with Crippen LogP contribution in [0.1, 0.15) is 28.7 Å². The Bertz CT molecular complexity index is 1040. The Morgan fingerprint density at radius 3 is 2.48 bits per heavy atom. The summed E-state index contributed by atoms with van der Waals surface area (Å²) < 4.78 is 1.83. The molecule has 0 saturated carbocycles. The highest BCUT2D eigenvalue weighted by atomic mass is 32.2. The molecule has 0 aliphatic heterocycles. The normalized spacial score (nSPS) is 10.3. The molecule has 7 nitrogen and oxygen atoms in total. The number of nitrogens with one attached hydrogen (secondary N) is 1. The molecule has 0 aliphatic rings. The molecule has 3 aromatic rings. The summed E-state index contributed by atoms with van der Waals surface area (Å²) in [6.07, 6.45) is 0.0971. The van der Waals surface area contributed by atoms with Crippen LogP contribution in [0.2, 0.25) is 0 Å². The third kappa shape index (κ3) is 5.30. The molecule has 0 spiro atoms. The molecule has 1 aromatic heterocycles. The van der Waals surface area contributed by atoms with Crippen molar-refractivity contribution in [2.45, 2.75) is 25.0 Å². The molecule has 0 radical (unpaired) electrons. The number of carbonyl (C=O) groups excluding carboxylic acids is 2. The van der Waals surface area contributed by atoms with Crippen molar-refractivity contribution >= 4 is 29.1 Å². The van der Waals surface area contributed by atoms with Crippen LogP contribution >= 0.6 is 11.8 Å². The highest BCUT2D eigenvalue weighted by Crippen LogP contribution is 2.19. The number of hydrogen-bond acceptors (Lipinski definition) is 6. The van der Waals surface area contributed by atoms with E-state index < -0.39 is 0 Å². The summed E-state index contributed by atoms with van der Waals surface area (Å²) in [5.74, 6) is 0.506. The van der Waals surface area contributed by atoms with Crippen molar-refractivity contribution in [3.8, 4) is 6.07 Å². The maximum Gasteiger partial charge on any atom is 0.232 e. The van der Waals surface area contributed by atoms with E-state index in [9.17, 15) is 9.59 Å². The lowest BCUT2D eigenvalue weighted by atomic mass is 10.1. The van der Waals surface area contributed by atoms with E-state index in [-0.39, 0.29) is 23.9 Å². The Morgan fingerprint density at radius 1 is 1.10 bits per heavy atom. The minimum atomic E-state index is -0.177. The summed E-state index contributed by atoms with van der Waals surface area (Å²) in [6.45, 7) is 2.53. The summed E-state index contributed by atoms with van der Waals surface area (Å²) in [5.41, 5.74) is 1.78. The van der Waals surface area contributed by atoms with Crippen LogP contribution in [-0.4, -0.2) is 32.2 Å². The van der Waals surface area contributed by atoms with E-state index in [4.69, 9.17) is 5.26 Å². The van der Waals surface area contributed by atoms with Gasteiger partial charge in [-0.1, -0.05) is 42.1 Å². The van der Waals surface area contributed by atoms with Crippen molar-refractivity contribution in [1.29, 1.82) is 5.26 Å². The van der Waals surface area contributed by atoms with Crippen LogP contribution in [0.3, 0.4) is 0 Å². The van der Waals surface area contributed by atoms with Gasteiger partial charge in [0.1, 0.15) is 5.82 Å². The van der Waals surface area contributed by atoms with Gasteiger partial charge in [-0.15, -0.1) is 10.2 Å². The van der Waals surface area contributed by atoms with Gasteiger partial charge in [-0.25, -0.2) is 0 Å². The Hall–Kier alpha value is -3.44. The molecule has 0 bridgehead atoms. The SMILES string of the molecule is CCn1c(CC(=O)Nc2ccccc2)nnc1SCC(=O)c1ccc(C#N)cc1. The lowest BCUT2D eigenvalue weighted by Crippen LogP contribution is -2.17. The molecule has 2 aromatic carbocycles. The number of carbonyl (C=O) groups is 2. The van der Waals surface area contributed by atoms with Gasteiger partial charge in [-0.05, 0) is 31.2 Å². The Morgan fingerprint density at radius 2 is 1.83 bits per heavy atom. The number of nitriles is 1. The second-order valence-corrected chi connectivity index (χ2v) is 7.08. The lowest BCUT2D eigenvalue weighted by molar-refractivity contribution is -0.115. The van der Waals surface area contributed by atoms with E-state index in [1.54, 1.807) is 24.3 Å². The quantitative estimate of drug-likeness (QED) is 0.456. The van der Waals surface area contributed by atoms with E-state index in [0.717, 1.165) is 5.69 Å². The van der Waals surface area contributed by atoms with Crippen molar-refractivity contribution in [1.82, 2.24) is 14.8 Å². The number of para-hydroxylation sites is 1. The van der Waals surface area contributed by atoms with Crippen LogP contribution in [0.5, 0.6) is 0 Å². The minimum absolute atomic E-state index is 0.0616. The molecular weight excluding hydrogens is 386 g/mol. The molecule has 3 rings (SSSR count). The predicted molar refractivity (Wildman–Crippen MR) is 111 cm³/mol. The highest BCUT2D eigenvalue weighted by Gasteiger charge is 2.16. The van der Waals surface area contributed by atoms with Gasteiger partial charge in [0.05, 0.1) is 23.8 Å². The van der Waals surface area contributed by atoms with E-state index in [0.29, 0.717) is 28.7 Å². The number of ketones is 1. The Labute approximate surface area is 172 Å². The molecule has 0 fully saturated rings. The van der Waals surface area contributed by atoms with Crippen molar-refractivity contribution in [2.24, 2.45) is 0 Å². The number of anilines is 1. The molecule has 0 aliphatic carbocycles. The molecule has 1 N–H and O–H groups in total. The van der Waals surface area contributed by atoms with E-state index in [2.05, 4.69) is 15.5 Å². The molecule has 8 heteroatoms. The molecule has 1 amide bonds. The fraction of sp³-hybridized carbons (Fsp3) is 0.190. The van der Waals surface area contributed by atoms with Crippen molar-refractivity contribution in [3.63, 3.8) is 0 Å². The number of nitrogens with zero attached hydrogens (tertiary/aromatic N) is 4. The Balaban J connectivity index is 1.62. The van der Waals surface area contributed by atoms with E-state index in [1.165, 1.54) is 11.8 Å². The Kier molecular flexibility index (Phi) is 6.76. The molecular formula is C21H19N5O2S. The second kappa shape index (κ2) is 9.66. The van der Waals surface area contributed by atoms with Gasteiger partial charge >= 0.3 is 0 Å². The fourth-order valence-electron chi connectivity index (χ4n) is 2.69. The van der Waals surface area contributed by atoms with Gasteiger partial charge in [-0.3, -0.25) is 9.59 Å². The number of benzene rings is 2. The summed E-state index contributed by atoms with van der Waals surface area (Å²) in [6, 6.07) is 17.8. The van der Waals surface area contributed by atoms with Crippen molar-refractivity contribution in [3.05, 3.63) is 71.5 Å². The van der Waals surface area contributed by atoms with Gasteiger partial charge in [0.15, 0.2) is 10.9 Å². The van der Waals surface area contributed by atoms with Gasteiger partial charge < -0.3 is 9.88 Å². The summed E-state index contributed by atoms with van der Waals surface area (Å²) in [5, 5.41) is 20.5. The molecule has 1 heterocycles. The fourth-order valence-corrected chi connectivity index (χ4v) is 3.60. The number of Topliss-reactive ketones (excluding diaryl/α,β-unsaturated/α-hetero) is 1. The first kappa shape index (κ1) is 20.3. The monoisotopic (exact) mass is 405 g/mol. The van der Waals surface area contributed by atoms with Crippen LogP contribution in [0.25, 0.3) is 0 Å². The number of hydrogen-bond donors (Lipinski definition) is 1. The number of thioether (sulfide) groups is 1. The molecule has 0 atom stereocenters. The second-order valence-electron chi connectivity index (χ2n) is 6.14. The maximum absolute atomic E-state index is 12.4. The van der Waals surface area contributed by atoms with Crippen LogP contribution in [-0.2, 0) is 17.8 Å². The highest BCUT2D eigenvalue weighted by molar-refractivity contribution is 7.99.